The fourth-order valence-corrected chi connectivity index (χ4v) is 3.21. The number of hydrogen-bond donors (Lipinski definition) is 1. The summed E-state index contributed by atoms with van der Waals surface area (Å²) >= 11 is 2.02. The van der Waals surface area contributed by atoms with E-state index >= 15 is 0 Å². The maximum absolute atomic E-state index is 5.63. The van der Waals surface area contributed by atoms with Gasteiger partial charge in [0.05, 0.1) is 12.4 Å². The van der Waals surface area contributed by atoms with Crippen LogP contribution in [0, 0.1) is 0 Å². The number of nitrogens with two attached hydrogens (primary N) is 1. The molecule has 0 spiro atoms. The second-order valence-electron chi connectivity index (χ2n) is 3.96. The smallest absolute Gasteiger partial charge is 0.149 e. The van der Waals surface area contributed by atoms with Gasteiger partial charge in [-0.25, -0.2) is 4.98 Å². The summed E-state index contributed by atoms with van der Waals surface area (Å²) in [6.07, 6.45) is 3.36. The molecule has 2 atom stereocenters. The Kier molecular flexibility index (Phi) is 3.00. The van der Waals surface area contributed by atoms with Crippen LogP contribution >= 0.6 is 11.8 Å². The maximum Gasteiger partial charge on any atom is 0.149 e. The number of hydrogen-bond acceptors (Lipinski definition) is 5. The Balaban J connectivity index is 2.16. The van der Waals surface area contributed by atoms with E-state index in [2.05, 4.69) is 28.7 Å². The van der Waals surface area contributed by atoms with Gasteiger partial charge >= 0.3 is 0 Å². The van der Waals surface area contributed by atoms with Gasteiger partial charge in [-0.05, 0) is 0 Å². The van der Waals surface area contributed by atoms with E-state index in [0.29, 0.717) is 16.3 Å². The topological polar surface area (TPSA) is 55.0 Å². The van der Waals surface area contributed by atoms with Gasteiger partial charge in [0, 0.05) is 23.6 Å². The molecule has 0 bridgehead atoms. The highest BCUT2D eigenvalue weighted by Gasteiger charge is 2.23. The molecule has 15 heavy (non-hydrogen) atoms. The molecule has 1 saturated heterocycles. The third-order valence-corrected chi connectivity index (χ3v) is 3.61. The highest BCUT2D eigenvalue weighted by Crippen LogP contribution is 2.27. The highest BCUT2D eigenvalue weighted by molar-refractivity contribution is 8.00. The number of thioether (sulfide) groups is 1. The van der Waals surface area contributed by atoms with Crippen LogP contribution in [0.2, 0.25) is 0 Å². The Bertz CT molecular complexity index is 334. The highest BCUT2D eigenvalue weighted by atomic mass is 32.2. The van der Waals surface area contributed by atoms with Crippen molar-refractivity contribution in [3.05, 3.63) is 12.4 Å². The molecule has 2 heterocycles. The average molecular weight is 224 g/mol. The second kappa shape index (κ2) is 4.26. The largest absolute Gasteiger partial charge is 0.382 e. The lowest BCUT2D eigenvalue weighted by Crippen LogP contribution is -2.40. The number of aromatic nitrogens is 2. The molecule has 2 rings (SSSR count). The van der Waals surface area contributed by atoms with Crippen molar-refractivity contribution in [3.8, 4) is 0 Å². The average Bonchev–Trinajstić information content (AvgIpc) is 2.16. The Labute approximate surface area is 94.3 Å². The summed E-state index contributed by atoms with van der Waals surface area (Å²) in [7, 11) is 0. The molecular formula is C10H16N4S. The summed E-state index contributed by atoms with van der Waals surface area (Å²) in [5.74, 6) is 1.39. The van der Waals surface area contributed by atoms with Crippen molar-refractivity contribution >= 4 is 23.4 Å². The van der Waals surface area contributed by atoms with Gasteiger partial charge in [0.2, 0.25) is 0 Å². The van der Waals surface area contributed by atoms with Crippen molar-refractivity contribution < 1.29 is 0 Å². The van der Waals surface area contributed by atoms with E-state index in [1.54, 1.807) is 12.4 Å². The van der Waals surface area contributed by atoms with Gasteiger partial charge < -0.3 is 10.6 Å². The van der Waals surface area contributed by atoms with Gasteiger partial charge in [0.25, 0.3) is 0 Å². The van der Waals surface area contributed by atoms with Gasteiger partial charge in [-0.3, -0.25) is 4.98 Å². The predicted molar refractivity (Wildman–Crippen MR) is 65.2 cm³/mol. The van der Waals surface area contributed by atoms with E-state index in [0.717, 1.165) is 18.9 Å². The summed E-state index contributed by atoms with van der Waals surface area (Å²) in [4.78, 5) is 10.6. The molecular weight excluding hydrogens is 208 g/mol. The van der Waals surface area contributed by atoms with Crippen molar-refractivity contribution in [1.29, 1.82) is 0 Å². The molecule has 0 saturated carbocycles. The number of rotatable bonds is 1. The van der Waals surface area contributed by atoms with Crippen LogP contribution in [0.15, 0.2) is 12.4 Å². The van der Waals surface area contributed by atoms with Crippen LogP contribution in [0.5, 0.6) is 0 Å². The fourth-order valence-electron chi connectivity index (χ4n) is 1.89. The van der Waals surface area contributed by atoms with Crippen LogP contribution in [0.4, 0.5) is 11.6 Å². The minimum absolute atomic E-state index is 0.492. The third-order valence-electron chi connectivity index (χ3n) is 2.38. The van der Waals surface area contributed by atoms with E-state index in [1.807, 2.05) is 11.8 Å². The molecule has 82 valence electrons. The zero-order chi connectivity index (χ0) is 10.8. The molecule has 1 aliphatic heterocycles. The zero-order valence-electron chi connectivity index (χ0n) is 9.05. The second-order valence-corrected chi connectivity index (χ2v) is 5.85. The molecule has 1 fully saturated rings. The zero-order valence-corrected chi connectivity index (χ0v) is 9.87. The van der Waals surface area contributed by atoms with Crippen LogP contribution < -0.4 is 10.6 Å². The van der Waals surface area contributed by atoms with E-state index < -0.39 is 0 Å². The van der Waals surface area contributed by atoms with Gasteiger partial charge in [0.1, 0.15) is 11.6 Å². The van der Waals surface area contributed by atoms with Crippen LogP contribution in [0.1, 0.15) is 13.8 Å². The van der Waals surface area contributed by atoms with Crippen LogP contribution in [0.3, 0.4) is 0 Å². The standard InChI is InChI=1S/C10H16N4S/c1-7-5-14(6-8(2)15-7)10-4-12-3-9(11)13-10/h3-4,7-8H,5-6H2,1-2H3,(H2,11,13). The summed E-state index contributed by atoms with van der Waals surface area (Å²) in [6.45, 7) is 6.53. The molecule has 0 amide bonds. The third kappa shape index (κ3) is 2.53. The van der Waals surface area contributed by atoms with E-state index in [1.165, 1.54) is 0 Å². The molecule has 2 unspecified atom stereocenters. The first-order chi connectivity index (χ1) is 7.15. The quantitative estimate of drug-likeness (QED) is 0.781. The van der Waals surface area contributed by atoms with Crippen molar-refractivity contribution in [2.24, 2.45) is 0 Å². The van der Waals surface area contributed by atoms with Gasteiger partial charge in [-0.1, -0.05) is 13.8 Å². The minimum atomic E-state index is 0.492. The van der Waals surface area contributed by atoms with Gasteiger partial charge in [-0.15, -0.1) is 0 Å². The van der Waals surface area contributed by atoms with Crippen molar-refractivity contribution in [1.82, 2.24) is 9.97 Å². The van der Waals surface area contributed by atoms with E-state index in [4.69, 9.17) is 5.73 Å². The molecule has 1 aromatic rings. The summed E-state index contributed by atoms with van der Waals surface area (Å²) in [5, 5.41) is 1.27. The monoisotopic (exact) mass is 224 g/mol. The fraction of sp³-hybridized carbons (Fsp3) is 0.600. The Hall–Kier alpha value is -0.970. The molecule has 0 radical (unpaired) electrons. The van der Waals surface area contributed by atoms with Crippen LogP contribution in [-0.4, -0.2) is 33.6 Å². The first-order valence-electron chi connectivity index (χ1n) is 5.13. The Morgan fingerprint density at radius 2 is 2.00 bits per heavy atom. The van der Waals surface area contributed by atoms with Crippen molar-refractivity contribution in [3.63, 3.8) is 0 Å². The number of nitrogen functional groups attached to an aromatic ring is 1. The molecule has 1 aliphatic rings. The minimum Gasteiger partial charge on any atom is -0.382 e. The molecule has 5 heteroatoms. The van der Waals surface area contributed by atoms with E-state index in [9.17, 15) is 0 Å². The normalized spacial score (nSPS) is 26.7. The summed E-state index contributed by atoms with van der Waals surface area (Å²) < 4.78 is 0. The predicted octanol–water partition coefficient (Wildman–Crippen LogP) is 1.39. The lowest BCUT2D eigenvalue weighted by molar-refractivity contribution is 0.717. The number of anilines is 2. The lowest BCUT2D eigenvalue weighted by Gasteiger charge is -2.35. The SMILES string of the molecule is CC1CN(c2cncc(N)n2)CC(C)S1. The van der Waals surface area contributed by atoms with Gasteiger partial charge in [0.15, 0.2) is 0 Å². The Morgan fingerprint density at radius 3 is 2.60 bits per heavy atom. The molecule has 2 N–H and O–H groups in total. The maximum atomic E-state index is 5.63. The van der Waals surface area contributed by atoms with Gasteiger partial charge in [-0.2, -0.15) is 11.8 Å². The molecule has 1 aromatic heterocycles. The molecule has 0 aromatic carbocycles. The van der Waals surface area contributed by atoms with Crippen molar-refractivity contribution in [2.45, 2.75) is 24.3 Å². The van der Waals surface area contributed by atoms with E-state index in [-0.39, 0.29) is 0 Å². The lowest BCUT2D eigenvalue weighted by atomic mass is 10.3. The first kappa shape index (κ1) is 10.5. The Morgan fingerprint density at radius 1 is 1.33 bits per heavy atom. The summed E-state index contributed by atoms with van der Waals surface area (Å²) in [5.41, 5.74) is 5.63. The van der Waals surface area contributed by atoms with Crippen LogP contribution in [0.25, 0.3) is 0 Å². The molecule has 4 nitrogen and oxygen atoms in total. The number of nitrogens with zero attached hydrogens (tertiary/aromatic N) is 3. The summed E-state index contributed by atoms with van der Waals surface area (Å²) in [6, 6.07) is 0. The van der Waals surface area contributed by atoms with Crippen molar-refractivity contribution in [2.75, 3.05) is 23.7 Å². The molecule has 0 aliphatic carbocycles. The van der Waals surface area contributed by atoms with Crippen LogP contribution in [-0.2, 0) is 0 Å². The first-order valence-corrected chi connectivity index (χ1v) is 6.07.